The average Bonchev–Trinajstić information content (AvgIpc) is 2.46. The van der Waals surface area contributed by atoms with Crippen molar-refractivity contribution >= 4 is 5.78 Å². The molecule has 20 heavy (non-hydrogen) atoms. The minimum atomic E-state index is -0.820. The number of carbonyl (C=O) groups is 1. The van der Waals surface area contributed by atoms with Crippen LogP contribution in [0.1, 0.15) is 40.9 Å². The summed E-state index contributed by atoms with van der Waals surface area (Å²) in [5, 5.41) is 0. The van der Waals surface area contributed by atoms with E-state index in [-0.39, 0.29) is 0 Å². The monoisotopic (exact) mass is 274 g/mol. The molecule has 0 heterocycles. The van der Waals surface area contributed by atoms with Gasteiger partial charge < -0.3 is 0 Å². The molecule has 0 aromatic heterocycles. The van der Waals surface area contributed by atoms with Crippen molar-refractivity contribution in [1.29, 1.82) is 0 Å². The second kappa shape index (κ2) is 5.95. The molecule has 2 rings (SSSR count). The predicted octanol–water partition coefficient (Wildman–Crippen LogP) is 4.32. The van der Waals surface area contributed by atoms with Crippen LogP contribution in [0.25, 0.3) is 0 Å². The molecule has 0 amide bonds. The molecule has 0 bridgehead atoms. The number of rotatable bonds is 4. The predicted molar refractivity (Wildman–Crippen MR) is 75.0 cm³/mol. The van der Waals surface area contributed by atoms with E-state index in [4.69, 9.17) is 0 Å². The van der Waals surface area contributed by atoms with Gasteiger partial charge >= 0.3 is 0 Å². The molecular formula is C17H16F2O. The largest absolute Gasteiger partial charge is 0.288 e. The summed E-state index contributed by atoms with van der Waals surface area (Å²) in [5.74, 6) is -2.23. The molecule has 0 aliphatic carbocycles. The standard InChI is InChI=1S/C17H16F2O/c1-3-11-8-9-12(4-2)13(10-11)17(20)16-14(18)6-5-7-15(16)19/h5-10H,3-4H2,1-2H3. The van der Waals surface area contributed by atoms with Crippen LogP contribution in [0.15, 0.2) is 36.4 Å². The lowest BCUT2D eigenvalue weighted by atomic mass is 9.94. The Labute approximate surface area is 117 Å². The lowest BCUT2D eigenvalue weighted by Crippen LogP contribution is -2.10. The summed E-state index contributed by atoms with van der Waals surface area (Å²) in [5.41, 5.74) is 1.68. The molecule has 0 aliphatic rings. The lowest BCUT2D eigenvalue weighted by molar-refractivity contribution is 0.103. The van der Waals surface area contributed by atoms with Gasteiger partial charge in [0.15, 0.2) is 5.78 Å². The molecule has 1 nitrogen and oxygen atoms in total. The Bertz CT molecular complexity index is 627. The van der Waals surface area contributed by atoms with Crippen LogP contribution in [0.2, 0.25) is 0 Å². The first-order valence-electron chi connectivity index (χ1n) is 6.69. The van der Waals surface area contributed by atoms with Gasteiger partial charge in [-0.25, -0.2) is 8.78 Å². The third-order valence-electron chi connectivity index (χ3n) is 3.40. The van der Waals surface area contributed by atoms with Gasteiger partial charge in [-0.15, -0.1) is 0 Å². The van der Waals surface area contributed by atoms with Gasteiger partial charge in [0, 0.05) is 5.56 Å². The molecule has 0 saturated heterocycles. The van der Waals surface area contributed by atoms with Crippen LogP contribution in [-0.2, 0) is 12.8 Å². The molecule has 0 radical (unpaired) electrons. The molecule has 0 saturated carbocycles. The third kappa shape index (κ3) is 2.62. The number of hydrogen-bond acceptors (Lipinski definition) is 1. The van der Waals surface area contributed by atoms with E-state index in [1.165, 1.54) is 6.07 Å². The zero-order valence-electron chi connectivity index (χ0n) is 11.5. The van der Waals surface area contributed by atoms with Crippen molar-refractivity contribution in [3.8, 4) is 0 Å². The van der Waals surface area contributed by atoms with E-state index in [0.29, 0.717) is 12.0 Å². The first-order chi connectivity index (χ1) is 9.58. The van der Waals surface area contributed by atoms with E-state index in [1.807, 2.05) is 26.0 Å². The van der Waals surface area contributed by atoms with Crippen LogP contribution < -0.4 is 0 Å². The highest BCUT2D eigenvalue weighted by Crippen LogP contribution is 2.21. The molecule has 0 unspecified atom stereocenters. The van der Waals surface area contributed by atoms with Gasteiger partial charge in [-0.05, 0) is 42.2 Å². The van der Waals surface area contributed by atoms with Gasteiger partial charge in [-0.1, -0.05) is 32.0 Å². The minimum Gasteiger partial charge on any atom is -0.288 e. The smallest absolute Gasteiger partial charge is 0.199 e. The molecule has 0 atom stereocenters. The topological polar surface area (TPSA) is 17.1 Å². The van der Waals surface area contributed by atoms with Gasteiger partial charge in [-0.2, -0.15) is 0 Å². The fraction of sp³-hybridized carbons (Fsp3) is 0.235. The molecule has 0 spiro atoms. The summed E-state index contributed by atoms with van der Waals surface area (Å²) in [7, 11) is 0. The maximum atomic E-state index is 13.7. The van der Waals surface area contributed by atoms with Crippen LogP contribution in [0.5, 0.6) is 0 Å². The minimum absolute atomic E-state index is 0.385. The Morgan fingerprint density at radius 3 is 2.20 bits per heavy atom. The molecule has 104 valence electrons. The zero-order chi connectivity index (χ0) is 14.7. The fourth-order valence-electron chi connectivity index (χ4n) is 2.21. The average molecular weight is 274 g/mol. The molecule has 2 aromatic carbocycles. The van der Waals surface area contributed by atoms with Crippen molar-refractivity contribution in [2.45, 2.75) is 26.7 Å². The van der Waals surface area contributed by atoms with Crippen LogP contribution in [-0.4, -0.2) is 5.78 Å². The van der Waals surface area contributed by atoms with E-state index in [1.54, 1.807) is 6.07 Å². The van der Waals surface area contributed by atoms with Crippen molar-refractivity contribution in [3.63, 3.8) is 0 Å². The van der Waals surface area contributed by atoms with Crippen molar-refractivity contribution in [2.75, 3.05) is 0 Å². The number of carbonyl (C=O) groups excluding carboxylic acids is 1. The Hall–Kier alpha value is -2.03. The lowest BCUT2D eigenvalue weighted by Gasteiger charge is -2.10. The van der Waals surface area contributed by atoms with E-state index in [2.05, 4.69) is 0 Å². The van der Waals surface area contributed by atoms with Gasteiger partial charge in [0.25, 0.3) is 0 Å². The Balaban J connectivity index is 2.58. The van der Waals surface area contributed by atoms with Crippen molar-refractivity contribution in [1.82, 2.24) is 0 Å². The van der Waals surface area contributed by atoms with Gasteiger partial charge in [-0.3, -0.25) is 4.79 Å². The Kier molecular flexibility index (Phi) is 4.28. The number of benzene rings is 2. The molecule has 0 aliphatic heterocycles. The van der Waals surface area contributed by atoms with Crippen LogP contribution in [0, 0.1) is 11.6 Å². The quantitative estimate of drug-likeness (QED) is 0.759. The zero-order valence-corrected chi connectivity index (χ0v) is 11.5. The van der Waals surface area contributed by atoms with Crippen LogP contribution >= 0.6 is 0 Å². The number of ketones is 1. The van der Waals surface area contributed by atoms with Crippen molar-refractivity contribution < 1.29 is 13.6 Å². The molecule has 3 heteroatoms. The van der Waals surface area contributed by atoms with Crippen molar-refractivity contribution in [2.24, 2.45) is 0 Å². The summed E-state index contributed by atoms with van der Waals surface area (Å²) in [6.07, 6.45) is 1.41. The molecular weight excluding hydrogens is 258 g/mol. The summed E-state index contributed by atoms with van der Waals surface area (Å²) in [4.78, 5) is 12.5. The molecule has 0 N–H and O–H groups in total. The normalized spacial score (nSPS) is 10.6. The number of aryl methyl sites for hydroxylation is 2. The fourth-order valence-corrected chi connectivity index (χ4v) is 2.21. The Morgan fingerprint density at radius 2 is 1.65 bits per heavy atom. The van der Waals surface area contributed by atoms with Crippen LogP contribution in [0.4, 0.5) is 8.78 Å². The third-order valence-corrected chi connectivity index (χ3v) is 3.40. The van der Waals surface area contributed by atoms with Crippen LogP contribution in [0.3, 0.4) is 0 Å². The first kappa shape index (κ1) is 14.4. The maximum absolute atomic E-state index is 13.7. The van der Waals surface area contributed by atoms with E-state index < -0.39 is 23.0 Å². The van der Waals surface area contributed by atoms with E-state index >= 15 is 0 Å². The molecule has 0 fully saturated rings. The second-order valence-electron chi connectivity index (χ2n) is 4.62. The van der Waals surface area contributed by atoms with Gasteiger partial charge in [0.05, 0.1) is 5.56 Å². The summed E-state index contributed by atoms with van der Waals surface area (Å²) in [6, 6.07) is 8.98. The second-order valence-corrected chi connectivity index (χ2v) is 4.62. The number of hydrogen-bond donors (Lipinski definition) is 0. The highest BCUT2D eigenvalue weighted by atomic mass is 19.1. The number of halogens is 2. The Morgan fingerprint density at radius 1 is 1.00 bits per heavy atom. The van der Waals surface area contributed by atoms with E-state index in [9.17, 15) is 13.6 Å². The summed E-state index contributed by atoms with van der Waals surface area (Å²) < 4.78 is 27.5. The van der Waals surface area contributed by atoms with Crippen molar-refractivity contribution in [3.05, 3.63) is 70.3 Å². The van der Waals surface area contributed by atoms with Gasteiger partial charge in [0.2, 0.25) is 0 Å². The highest BCUT2D eigenvalue weighted by molar-refractivity contribution is 6.10. The highest BCUT2D eigenvalue weighted by Gasteiger charge is 2.20. The summed E-state index contributed by atoms with van der Waals surface area (Å²) in [6.45, 7) is 3.88. The first-order valence-corrected chi connectivity index (χ1v) is 6.69. The summed E-state index contributed by atoms with van der Waals surface area (Å²) >= 11 is 0. The molecule has 2 aromatic rings. The van der Waals surface area contributed by atoms with E-state index in [0.717, 1.165) is 29.7 Å². The SMILES string of the molecule is CCc1ccc(CC)c(C(=O)c2c(F)cccc2F)c1. The van der Waals surface area contributed by atoms with Gasteiger partial charge in [0.1, 0.15) is 11.6 Å². The maximum Gasteiger partial charge on any atom is 0.199 e.